The fourth-order valence-corrected chi connectivity index (χ4v) is 2.45. The van der Waals surface area contributed by atoms with E-state index in [2.05, 4.69) is 5.32 Å². The van der Waals surface area contributed by atoms with Crippen LogP contribution in [0.3, 0.4) is 0 Å². The summed E-state index contributed by atoms with van der Waals surface area (Å²) in [5.41, 5.74) is 0.804. The van der Waals surface area contributed by atoms with Gasteiger partial charge in [0.1, 0.15) is 5.75 Å². The highest BCUT2D eigenvalue weighted by Crippen LogP contribution is 2.23. The highest BCUT2D eigenvalue weighted by atomic mass is 16.5. The van der Waals surface area contributed by atoms with Crippen LogP contribution in [0.1, 0.15) is 36.0 Å². The molecule has 1 fully saturated rings. The summed E-state index contributed by atoms with van der Waals surface area (Å²) in [6, 6.07) is 4.88. The Hall–Kier alpha value is -1.75. The molecule has 20 heavy (non-hydrogen) atoms. The van der Waals surface area contributed by atoms with Crippen molar-refractivity contribution >= 4 is 11.7 Å². The SMILES string of the molecule is COc1ccc(C(=O)O)c(NCCOC2CCCC2)c1. The maximum atomic E-state index is 11.2. The molecule has 0 unspecified atom stereocenters. The number of carbonyl (C=O) groups is 1. The van der Waals surface area contributed by atoms with Crippen molar-refractivity contribution in [1.29, 1.82) is 0 Å². The molecule has 1 aromatic rings. The Balaban J connectivity index is 1.88. The molecule has 5 nitrogen and oxygen atoms in total. The third-order valence-corrected chi connectivity index (χ3v) is 3.53. The standard InChI is InChI=1S/C15H21NO4/c1-19-12-6-7-13(15(17)18)14(10-12)16-8-9-20-11-4-2-3-5-11/h6-7,10-11,16H,2-5,8-9H2,1H3,(H,17,18). The van der Waals surface area contributed by atoms with Gasteiger partial charge in [0.2, 0.25) is 0 Å². The van der Waals surface area contributed by atoms with Crippen LogP contribution in [0.15, 0.2) is 18.2 Å². The molecule has 0 aliphatic heterocycles. The molecule has 110 valence electrons. The average Bonchev–Trinajstić information content (AvgIpc) is 2.96. The summed E-state index contributed by atoms with van der Waals surface area (Å²) in [7, 11) is 1.56. The van der Waals surface area contributed by atoms with Crippen molar-refractivity contribution < 1.29 is 19.4 Å². The third-order valence-electron chi connectivity index (χ3n) is 3.53. The summed E-state index contributed by atoms with van der Waals surface area (Å²) in [5.74, 6) is -0.318. The normalized spacial score (nSPS) is 15.2. The minimum absolute atomic E-state index is 0.242. The van der Waals surface area contributed by atoms with Crippen molar-refractivity contribution in [3.8, 4) is 5.75 Å². The second-order valence-electron chi connectivity index (χ2n) is 4.92. The number of hydrogen-bond donors (Lipinski definition) is 2. The van der Waals surface area contributed by atoms with Crippen LogP contribution < -0.4 is 10.1 Å². The first-order valence-electron chi connectivity index (χ1n) is 6.97. The van der Waals surface area contributed by atoms with E-state index in [1.165, 1.54) is 12.8 Å². The molecule has 0 saturated heterocycles. The van der Waals surface area contributed by atoms with Gasteiger partial charge in [-0.25, -0.2) is 4.79 Å². The Morgan fingerprint density at radius 1 is 1.40 bits per heavy atom. The van der Waals surface area contributed by atoms with Crippen LogP contribution in [0, 0.1) is 0 Å². The molecular weight excluding hydrogens is 258 g/mol. The van der Waals surface area contributed by atoms with E-state index in [9.17, 15) is 4.79 Å². The largest absolute Gasteiger partial charge is 0.497 e. The zero-order chi connectivity index (χ0) is 14.4. The number of benzene rings is 1. The Bertz CT molecular complexity index is 455. The number of nitrogens with one attached hydrogen (secondary N) is 1. The number of aromatic carboxylic acids is 1. The molecule has 0 aromatic heterocycles. The summed E-state index contributed by atoms with van der Waals surface area (Å²) < 4.78 is 10.9. The zero-order valence-electron chi connectivity index (χ0n) is 11.7. The van der Waals surface area contributed by atoms with Gasteiger partial charge in [0, 0.05) is 12.6 Å². The fourth-order valence-electron chi connectivity index (χ4n) is 2.45. The van der Waals surface area contributed by atoms with Gasteiger partial charge in [0.25, 0.3) is 0 Å². The highest BCUT2D eigenvalue weighted by molar-refractivity contribution is 5.94. The maximum Gasteiger partial charge on any atom is 0.337 e. The molecule has 0 heterocycles. The van der Waals surface area contributed by atoms with Crippen LogP contribution in [0.4, 0.5) is 5.69 Å². The predicted molar refractivity (Wildman–Crippen MR) is 76.7 cm³/mol. The van der Waals surface area contributed by atoms with Crippen LogP contribution in [-0.4, -0.2) is 37.4 Å². The molecule has 1 aromatic carbocycles. The van der Waals surface area contributed by atoms with E-state index in [-0.39, 0.29) is 5.56 Å². The van der Waals surface area contributed by atoms with Gasteiger partial charge in [-0.15, -0.1) is 0 Å². The second-order valence-corrected chi connectivity index (χ2v) is 4.92. The summed E-state index contributed by atoms with van der Waals surface area (Å²) in [6.07, 6.45) is 5.15. The van der Waals surface area contributed by atoms with E-state index >= 15 is 0 Å². The highest BCUT2D eigenvalue weighted by Gasteiger charge is 2.15. The molecular formula is C15H21NO4. The van der Waals surface area contributed by atoms with Crippen molar-refractivity contribution in [2.75, 3.05) is 25.6 Å². The van der Waals surface area contributed by atoms with Gasteiger partial charge in [-0.1, -0.05) is 12.8 Å². The number of anilines is 1. The van der Waals surface area contributed by atoms with Crippen LogP contribution in [0.25, 0.3) is 0 Å². The Kier molecular flexibility index (Phi) is 5.24. The molecule has 5 heteroatoms. The van der Waals surface area contributed by atoms with E-state index < -0.39 is 5.97 Å². The molecule has 0 radical (unpaired) electrons. The summed E-state index contributed by atoms with van der Waals surface area (Å²) >= 11 is 0. The number of methoxy groups -OCH3 is 1. The zero-order valence-corrected chi connectivity index (χ0v) is 11.7. The summed E-state index contributed by atoms with van der Waals surface area (Å²) in [4.78, 5) is 11.2. The van der Waals surface area contributed by atoms with Gasteiger partial charge >= 0.3 is 5.97 Å². The van der Waals surface area contributed by atoms with Gasteiger partial charge in [-0.3, -0.25) is 0 Å². The Morgan fingerprint density at radius 3 is 2.80 bits per heavy atom. The van der Waals surface area contributed by atoms with Crippen molar-refractivity contribution in [2.45, 2.75) is 31.8 Å². The quantitative estimate of drug-likeness (QED) is 0.751. The first-order chi connectivity index (χ1) is 9.70. The lowest BCUT2D eigenvalue weighted by Crippen LogP contribution is -2.16. The van der Waals surface area contributed by atoms with E-state index in [4.69, 9.17) is 14.6 Å². The number of carboxylic acids is 1. The number of carboxylic acid groups (broad SMARTS) is 1. The van der Waals surface area contributed by atoms with Gasteiger partial charge in [0.15, 0.2) is 0 Å². The lowest BCUT2D eigenvalue weighted by atomic mass is 10.1. The molecule has 1 aliphatic rings. The maximum absolute atomic E-state index is 11.2. The molecule has 1 saturated carbocycles. The molecule has 1 aliphatic carbocycles. The van der Waals surface area contributed by atoms with Gasteiger partial charge in [-0.05, 0) is 25.0 Å². The molecule has 0 bridgehead atoms. The summed E-state index contributed by atoms with van der Waals surface area (Å²) in [6.45, 7) is 1.17. The fraction of sp³-hybridized carbons (Fsp3) is 0.533. The first kappa shape index (κ1) is 14.7. The van der Waals surface area contributed by atoms with E-state index in [0.29, 0.717) is 30.7 Å². The van der Waals surface area contributed by atoms with E-state index in [1.807, 2.05) is 0 Å². The van der Waals surface area contributed by atoms with Crippen LogP contribution in [0.5, 0.6) is 5.75 Å². The topological polar surface area (TPSA) is 67.8 Å². The van der Waals surface area contributed by atoms with Crippen molar-refractivity contribution in [2.24, 2.45) is 0 Å². The van der Waals surface area contributed by atoms with Gasteiger partial charge in [-0.2, -0.15) is 0 Å². The van der Waals surface area contributed by atoms with Crippen molar-refractivity contribution in [3.05, 3.63) is 23.8 Å². The molecule has 2 rings (SSSR count). The minimum Gasteiger partial charge on any atom is -0.497 e. The Morgan fingerprint density at radius 2 is 2.15 bits per heavy atom. The minimum atomic E-state index is -0.952. The van der Waals surface area contributed by atoms with Gasteiger partial charge < -0.3 is 19.9 Å². The van der Waals surface area contributed by atoms with Crippen LogP contribution >= 0.6 is 0 Å². The Labute approximate surface area is 118 Å². The van der Waals surface area contributed by atoms with Crippen LogP contribution in [0.2, 0.25) is 0 Å². The molecule has 0 atom stereocenters. The summed E-state index contributed by atoms with van der Waals surface area (Å²) in [5, 5.41) is 12.3. The number of rotatable bonds is 7. The molecule has 0 spiro atoms. The number of ether oxygens (including phenoxy) is 2. The average molecular weight is 279 g/mol. The second kappa shape index (κ2) is 7.14. The van der Waals surface area contributed by atoms with Crippen LogP contribution in [-0.2, 0) is 4.74 Å². The predicted octanol–water partition coefficient (Wildman–Crippen LogP) is 2.76. The lowest BCUT2D eigenvalue weighted by molar-refractivity contribution is 0.0655. The number of hydrogen-bond acceptors (Lipinski definition) is 4. The molecule has 0 amide bonds. The van der Waals surface area contributed by atoms with Crippen molar-refractivity contribution in [3.63, 3.8) is 0 Å². The third kappa shape index (κ3) is 3.87. The molecule has 2 N–H and O–H groups in total. The van der Waals surface area contributed by atoms with E-state index in [0.717, 1.165) is 12.8 Å². The first-order valence-corrected chi connectivity index (χ1v) is 6.97. The lowest BCUT2D eigenvalue weighted by Gasteiger charge is -2.14. The van der Waals surface area contributed by atoms with Gasteiger partial charge in [0.05, 0.1) is 31.1 Å². The van der Waals surface area contributed by atoms with Crippen molar-refractivity contribution in [1.82, 2.24) is 0 Å². The smallest absolute Gasteiger partial charge is 0.337 e. The van der Waals surface area contributed by atoms with E-state index in [1.54, 1.807) is 25.3 Å². The monoisotopic (exact) mass is 279 g/mol.